The van der Waals surface area contributed by atoms with E-state index in [1.807, 2.05) is 6.92 Å². The van der Waals surface area contributed by atoms with E-state index in [1.165, 1.54) is 32.1 Å². The summed E-state index contributed by atoms with van der Waals surface area (Å²) in [7, 11) is 0. The minimum absolute atomic E-state index is 0.113. The molecule has 0 bridgehead atoms. The number of carboxylic acids is 1. The Balaban J connectivity index is 1.66. The number of hydrogen-bond acceptors (Lipinski definition) is 3. The third-order valence-electron chi connectivity index (χ3n) is 6.26. The Labute approximate surface area is 127 Å². The molecule has 0 aromatic carbocycles. The van der Waals surface area contributed by atoms with Crippen LogP contribution in [-0.4, -0.2) is 47.3 Å². The van der Waals surface area contributed by atoms with Crippen LogP contribution in [0.5, 0.6) is 0 Å². The Kier molecular flexibility index (Phi) is 4.28. The van der Waals surface area contributed by atoms with Crippen molar-refractivity contribution in [2.24, 2.45) is 5.41 Å². The summed E-state index contributed by atoms with van der Waals surface area (Å²) in [6.07, 6.45) is 10.1. The second-order valence-electron chi connectivity index (χ2n) is 7.40. The number of likely N-dealkylation sites (tertiary alicyclic amines) is 1. The molecule has 1 saturated carbocycles. The first-order valence-corrected chi connectivity index (χ1v) is 8.71. The molecule has 0 radical (unpaired) electrons. The van der Waals surface area contributed by atoms with Crippen molar-refractivity contribution in [3.8, 4) is 0 Å². The molecule has 2 heterocycles. The van der Waals surface area contributed by atoms with E-state index in [9.17, 15) is 9.90 Å². The molecule has 3 fully saturated rings. The molecule has 4 heteroatoms. The van der Waals surface area contributed by atoms with Gasteiger partial charge in [-0.3, -0.25) is 9.69 Å². The average Bonchev–Trinajstić information content (AvgIpc) is 2.94. The SMILES string of the molecule is CCC1(C(=O)O)CCN(C2CCOC3(CCCCC3)C2)C1. The van der Waals surface area contributed by atoms with Gasteiger partial charge < -0.3 is 9.84 Å². The first-order chi connectivity index (χ1) is 10.1. The van der Waals surface area contributed by atoms with Crippen molar-refractivity contribution in [1.82, 2.24) is 4.90 Å². The maximum absolute atomic E-state index is 11.6. The highest BCUT2D eigenvalue weighted by Gasteiger charge is 2.47. The zero-order valence-electron chi connectivity index (χ0n) is 13.3. The fourth-order valence-electron chi connectivity index (χ4n) is 4.69. The van der Waals surface area contributed by atoms with E-state index in [4.69, 9.17) is 4.74 Å². The molecular weight excluding hydrogens is 266 g/mol. The summed E-state index contributed by atoms with van der Waals surface area (Å²) in [5, 5.41) is 9.57. The number of carbonyl (C=O) groups is 1. The lowest BCUT2D eigenvalue weighted by molar-refractivity contribution is -0.149. The predicted octanol–water partition coefficient (Wildman–Crippen LogP) is 3.06. The highest BCUT2D eigenvalue weighted by molar-refractivity contribution is 5.75. The van der Waals surface area contributed by atoms with Crippen LogP contribution in [0.15, 0.2) is 0 Å². The van der Waals surface area contributed by atoms with Crippen molar-refractivity contribution in [3.05, 3.63) is 0 Å². The summed E-state index contributed by atoms with van der Waals surface area (Å²) >= 11 is 0. The van der Waals surface area contributed by atoms with Crippen molar-refractivity contribution in [3.63, 3.8) is 0 Å². The molecule has 0 amide bonds. The first kappa shape index (κ1) is 15.3. The molecule has 0 aromatic heterocycles. The predicted molar refractivity (Wildman–Crippen MR) is 81.3 cm³/mol. The van der Waals surface area contributed by atoms with Gasteiger partial charge in [0.25, 0.3) is 0 Å². The van der Waals surface area contributed by atoms with Gasteiger partial charge in [-0.25, -0.2) is 0 Å². The Morgan fingerprint density at radius 3 is 2.67 bits per heavy atom. The van der Waals surface area contributed by atoms with E-state index in [0.29, 0.717) is 6.04 Å². The summed E-state index contributed by atoms with van der Waals surface area (Å²) < 4.78 is 6.18. The highest BCUT2D eigenvalue weighted by atomic mass is 16.5. The van der Waals surface area contributed by atoms with Gasteiger partial charge in [0, 0.05) is 19.2 Å². The second-order valence-corrected chi connectivity index (χ2v) is 7.40. The molecule has 3 aliphatic rings. The Hall–Kier alpha value is -0.610. The Morgan fingerprint density at radius 2 is 2.05 bits per heavy atom. The standard InChI is InChI=1S/C17H29NO3/c1-2-16(15(19)20)9-10-18(13-16)14-6-11-21-17(12-14)7-4-3-5-8-17/h14H,2-13H2,1H3,(H,19,20). The minimum Gasteiger partial charge on any atom is -0.481 e. The van der Waals surface area contributed by atoms with Crippen LogP contribution in [0.25, 0.3) is 0 Å². The molecule has 2 atom stereocenters. The summed E-state index contributed by atoms with van der Waals surface area (Å²) in [4.78, 5) is 14.1. The van der Waals surface area contributed by atoms with Gasteiger partial charge in [-0.05, 0) is 45.1 Å². The molecule has 2 aliphatic heterocycles. The summed E-state index contributed by atoms with van der Waals surface area (Å²) in [6, 6.07) is 0.532. The van der Waals surface area contributed by atoms with Crippen LogP contribution >= 0.6 is 0 Å². The van der Waals surface area contributed by atoms with Gasteiger partial charge in [-0.2, -0.15) is 0 Å². The van der Waals surface area contributed by atoms with Crippen molar-refractivity contribution < 1.29 is 14.6 Å². The van der Waals surface area contributed by atoms with E-state index in [1.54, 1.807) is 0 Å². The molecule has 4 nitrogen and oxygen atoms in total. The van der Waals surface area contributed by atoms with Crippen LogP contribution in [0.1, 0.15) is 64.7 Å². The van der Waals surface area contributed by atoms with Crippen molar-refractivity contribution in [2.45, 2.75) is 76.4 Å². The lowest BCUT2D eigenvalue weighted by Gasteiger charge is -2.46. The number of rotatable bonds is 3. The van der Waals surface area contributed by atoms with Gasteiger partial charge in [-0.15, -0.1) is 0 Å². The zero-order valence-corrected chi connectivity index (χ0v) is 13.3. The third kappa shape index (κ3) is 2.85. The lowest BCUT2D eigenvalue weighted by Crippen LogP contribution is -2.49. The molecule has 3 rings (SSSR count). The maximum Gasteiger partial charge on any atom is 0.310 e. The number of aliphatic carboxylic acids is 1. The van der Waals surface area contributed by atoms with Crippen LogP contribution < -0.4 is 0 Å². The van der Waals surface area contributed by atoms with Crippen LogP contribution in [-0.2, 0) is 9.53 Å². The second kappa shape index (κ2) is 5.88. The highest BCUT2D eigenvalue weighted by Crippen LogP contribution is 2.42. The first-order valence-electron chi connectivity index (χ1n) is 8.71. The van der Waals surface area contributed by atoms with E-state index < -0.39 is 11.4 Å². The maximum atomic E-state index is 11.6. The number of carboxylic acid groups (broad SMARTS) is 1. The fraction of sp³-hybridized carbons (Fsp3) is 0.941. The largest absolute Gasteiger partial charge is 0.481 e. The van der Waals surface area contributed by atoms with E-state index in [2.05, 4.69) is 4.90 Å². The number of ether oxygens (including phenoxy) is 1. The molecule has 1 spiro atoms. The van der Waals surface area contributed by atoms with Crippen LogP contribution in [0.2, 0.25) is 0 Å². The fourth-order valence-corrected chi connectivity index (χ4v) is 4.69. The lowest BCUT2D eigenvalue weighted by atomic mass is 9.78. The molecule has 0 aromatic rings. The van der Waals surface area contributed by atoms with Gasteiger partial charge in [-0.1, -0.05) is 26.2 Å². The van der Waals surface area contributed by atoms with Gasteiger partial charge >= 0.3 is 5.97 Å². The van der Waals surface area contributed by atoms with Gasteiger partial charge in [0.05, 0.1) is 11.0 Å². The summed E-state index contributed by atoms with van der Waals surface area (Å²) in [5.41, 5.74) is -0.389. The normalized spacial score (nSPS) is 36.9. The van der Waals surface area contributed by atoms with Crippen LogP contribution in [0.3, 0.4) is 0 Å². The van der Waals surface area contributed by atoms with E-state index in [0.717, 1.165) is 45.4 Å². The van der Waals surface area contributed by atoms with Crippen molar-refractivity contribution >= 4 is 5.97 Å². The van der Waals surface area contributed by atoms with Crippen LogP contribution in [0, 0.1) is 5.41 Å². The van der Waals surface area contributed by atoms with E-state index in [-0.39, 0.29) is 5.60 Å². The molecular formula is C17H29NO3. The average molecular weight is 295 g/mol. The van der Waals surface area contributed by atoms with E-state index >= 15 is 0 Å². The quantitative estimate of drug-likeness (QED) is 0.869. The Bertz CT molecular complexity index is 386. The van der Waals surface area contributed by atoms with Crippen molar-refractivity contribution in [1.29, 1.82) is 0 Å². The summed E-state index contributed by atoms with van der Waals surface area (Å²) in [6.45, 7) is 4.55. The van der Waals surface area contributed by atoms with Gasteiger partial charge in [0.15, 0.2) is 0 Å². The molecule has 2 saturated heterocycles. The molecule has 1 aliphatic carbocycles. The number of hydrogen-bond donors (Lipinski definition) is 1. The monoisotopic (exact) mass is 295 g/mol. The Morgan fingerprint density at radius 1 is 1.29 bits per heavy atom. The smallest absolute Gasteiger partial charge is 0.310 e. The minimum atomic E-state index is -0.605. The van der Waals surface area contributed by atoms with Gasteiger partial charge in [0.1, 0.15) is 0 Å². The van der Waals surface area contributed by atoms with Gasteiger partial charge in [0.2, 0.25) is 0 Å². The summed E-state index contributed by atoms with van der Waals surface area (Å²) in [5.74, 6) is -0.605. The molecule has 1 N–H and O–H groups in total. The molecule has 21 heavy (non-hydrogen) atoms. The molecule has 2 unspecified atom stereocenters. The third-order valence-corrected chi connectivity index (χ3v) is 6.26. The topological polar surface area (TPSA) is 49.8 Å². The number of nitrogens with zero attached hydrogens (tertiary/aromatic N) is 1. The zero-order chi connectivity index (χ0) is 14.9. The van der Waals surface area contributed by atoms with Crippen molar-refractivity contribution in [2.75, 3.05) is 19.7 Å². The van der Waals surface area contributed by atoms with Crippen LogP contribution in [0.4, 0.5) is 0 Å². The molecule has 120 valence electrons.